The molecule has 3 saturated heterocycles. The van der Waals surface area contributed by atoms with E-state index in [1.54, 1.807) is 6.33 Å². The highest BCUT2D eigenvalue weighted by Crippen LogP contribution is 2.30. The number of hydrogen-bond donors (Lipinski definition) is 1. The molecule has 0 spiro atoms. The highest BCUT2D eigenvalue weighted by Gasteiger charge is 2.28. The molecule has 234 valence electrons. The van der Waals surface area contributed by atoms with Crippen LogP contribution in [0.5, 0.6) is 5.75 Å². The Kier molecular flexibility index (Phi) is 10.9. The minimum absolute atomic E-state index is 0.203. The molecule has 43 heavy (non-hydrogen) atoms. The van der Waals surface area contributed by atoms with Crippen molar-refractivity contribution in [2.75, 3.05) is 91.8 Å². The summed E-state index contributed by atoms with van der Waals surface area (Å²) in [6.45, 7) is 14.7. The number of carbonyl (C=O) groups excluding carboxylic acids is 1. The number of likely N-dealkylation sites (tertiary alicyclic amines) is 2. The number of nitrogens with zero attached hydrogens (tertiary/aromatic N) is 6. The Labute approximate surface area is 256 Å². The van der Waals surface area contributed by atoms with Crippen molar-refractivity contribution in [3.63, 3.8) is 0 Å². The number of fused-ring (bicyclic) bond motifs is 1. The van der Waals surface area contributed by atoms with Crippen LogP contribution in [0.3, 0.4) is 0 Å². The van der Waals surface area contributed by atoms with Crippen molar-refractivity contribution in [3.8, 4) is 5.75 Å². The molecule has 0 saturated carbocycles. The van der Waals surface area contributed by atoms with Crippen molar-refractivity contribution in [3.05, 3.63) is 53.6 Å². The number of nitrogens with one attached hydrogen (secondary N) is 1. The van der Waals surface area contributed by atoms with Crippen LogP contribution in [-0.2, 0) is 22.6 Å². The quantitative estimate of drug-likeness (QED) is 0.374. The molecule has 5 heterocycles. The average molecular weight is 592 g/mol. The minimum atomic E-state index is 0.203. The predicted molar refractivity (Wildman–Crippen MR) is 166 cm³/mol. The molecule has 4 aliphatic heterocycles. The summed E-state index contributed by atoms with van der Waals surface area (Å²) in [6.07, 6.45) is 8.18. The zero-order valence-corrected chi connectivity index (χ0v) is 25.7. The van der Waals surface area contributed by atoms with Gasteiger partial charge in [0.15, 0.2) is 0 Å². The highest BCUT2D eigenvalue weighted by molar-refractivity contribution is 5.78. The van der Waals surface area contributed by atoms with E-state index < -0.39 is 0 Å². The Bertz CT molecular complexity index is 1140. The van der Waals surface area contributed by atoms with Gasteiger partial charge >= 0.3 is 0 Å². The Morgan fingerprint density at radius 3 is 2.70 bits per heavy atom. The lowest BCUT2D eigenvalue weighted by molar-refractivity contribution is -0.133. The minimum Gasteiger partial charge on any atom is -0.491 e. The number of piperidine rings is 2. The maximum absolute atomic E-state index is 13.2. The van der Waals surface area contributed by atoms with E-state index in [-0.39, 0.29) is 5.91 Å². The van der Waals surface area contributed by atoms with E-state index in [4.69, 9.17) is 9.47 Å². The van der Waals surface area contributed by atoms with Gasteiger partial charge in [-0.05, 0) is 62.4 Å². The lowest BCUT2D eigenvalue weighted by atomic mass is 9.90. The lowest BCUT2D eigenvalue weighted by Crippen LogP contribution is -2.47. The van der Waals surface area contributed by atoms with Crippen LogP contribution >= 0.6 is 0 Å². The molecule has 0 unspecified atom stereocenters. The van der Waals surface area contributed by atoms with Gasteiger partial charge in [-0.3, -0.25) is 9.69 Å². The molecule has 0 aliphatic carbocycles. The number of piperazine rings is 1. The van der Waals surface area contributed by atoms with Crippen molar-refractivity contribution < 1.29 is 14.3 Å². The molecular weight excluding hydrogens is 542 g/mol. The van der Waals surface area contributed by atoms with Crippen molar-refractivity contribution >= 4 is 5.91 Å². The molecule has 0 radical (unpaired) electrons. The summed E-state index contributed by atoms with van der Waals surface area (Å²) < 4.78 is 12.0. The summed E-state index contributed by atoms with van der Waals surface area (Å²) >= 11 is 0. The monoisotopic (exact) mass is 591 g/mol. The number of benzene rings is 1. The van der Waals surface area contributed by atoms with Crippen LogP contribution in [0, 0.1) is 5.92 Å². The largest absolute Gasteiger partial charge is 0.491 e. The molecule has 10 nitrogen and oxygen atoms in total. The van der Waals surface area contributed by atoms with Gasteiger partial charge in [0.25, 0.3) is 0 Å². The third-order valence-electron chi connectivity index (χ3n) is 9.59. The molecule has 6 rings (SSSR count). The van der Waals surface area contributed by atoms with Crippen LogP contribution in [0.2, 0.25) is 0 Å². The second kappa shape index (κ2) is 15.4. The van der Waals surface area contributed by atoms with Crippen LogP contribution in [0.4, 0.5) is 0 Å². The topological polar surface area (TPSA) is 86.3 Å². The third kappa shape index (κ3) is 8.73. The van der Waals surface area contributed by atoms with Gasteiger partial charge in [-0.25, -0.2) is 9.97 Å². The van der Waals surface area contributed by atoms with Gasteiger partial charge < -0.3 is 29.5 Å². The van der Waals surface area contributed by atoms with Crippen molar-refractivity contribution in [2.24, 2.45) is 5.92 Å². The van der Waals surface area contributed by atoms with E-state index in [1.807, 2.05) is 17.2 Å². The van der Waals surface area contributed by atoms with Gasteiger partial charge in [0.2, 0.25) is 5.91 Å². The van der Waals surface area contributed by atoms with Crippen LogP contribution < -0.4 is 10.1 Å². The fourth-order valence-corrected chi connectivity index (χ4v) is 7.07. The summed E-state index contributed by atoms with van der Waals surface area (Å²) in [4.78, 5) is 31.0. The van der Waals surface area contributed by atoms with Crippen molar-refractivity contribution in [1.82, 2.24) is 34.9 Å². The molecule has 3 fully saturated rings. The van der Waals surface area contributed by atoms with E-state index in [0.29, 0.717) is 25.7 Å². The summed E-state index contributed by atoms with van der Waals surface area (Å²) in [7, 11) is 0. The standard InChI is InChI=1S/C33H49N7O3/c41-33(25-39-22-30-20-35-26-36-32(30)24-39)40-10-2-4-29(23-40)28-3-1-5-31(19-28)43-18-17-42-16-15-37-11-6-27(7-12-37)21-38-13-8-34-9-14-38/h1,3,5,19-20,26-27,29,34H,2,4,6-18,21-25H2/t29-/m0/s1. The number of amides is 1. The molecule has 1 atom stereocenters. The number of hydrogen-bond acceptors (Lipinski definition) is 9. The normalized spacial score (nSPS) is 22.5. The zero-order valence-electron chi connectivity index (χ0n) is 25.7. The van der Waals surface area contributed by atoms with Crippen molar-refractivity contribution in [2.45, 2.75) is 44.7 Å². The second-order valence-corrected chi connectivity index (χ2v) is 12.7. The van der Waals surface area contributed by atoms with Gasteiger partial charge in [0, 0.05) is 83.1 Å². The molecule has 1 N–H and O–H groups in total. The van der Waals surface area contributed by atoms with Gasteiger partial charge in [-0.15, -0.1) is 0 Å². The third-order valence-corrected chi connectivity index (χ3v) is 9.59. The molecular formula is C33H49N7O3. The van der Waals surface area contributed by atoms with Crippen LogP contribution in [-0.4, -0.2) is 127 Å². The Morgan fingerprint density at radius 1 is 0.953 bits per heavy atom. The molecule has 4 aliphatic rings. The zero-order chi connectivity index (χ0) is 29.3. The summed E-state index contributed by atoms with van der Waals surface area (Å²) in [6, 6.07) is 8.41. The van der Waals surface area contributed by atoms with E-state index in [9.17, 15) is 4.79 Å². The molecule has 0 bridgehead atoms. The lowest BCUT2D eigenvalue weighted by Gasteiger charge is -2.36. The fourth-order valence-electron chi connectivity index (χ4n) is 7.07. The summed E-state index contributed by atoms with van der Waals surface area (Å²) in [5.74, 6) is 2.27. The van der Waals surface area contributed by atoms with E-state index in [2.05, 4.69) is 48.2 Å². The molecule has 1 amide bonds. The SMILES string of the molecule is O=C(CN1Cc2cncnc2C1)N1CCC[C@H](c2cccc(OCCOCCN3CCC(CN4CCNCC4)CC3)c2)C1. The van der Waals surface area contributed by atoms with Crippen molar-refractivity contribution in [1.29, 1.82) is 0 Å². The average Bonchev–Trinajstić information content (AvgIpc) is 3.46. The van der Waals surface area contributed by atoms with Gasteiger partial charge in [-0.2, -0.15) is 0 Å². The summed E-state index contributed by atoms with van der Waals surface area (Å²) in [5, 5.41) is 3.45. The first-order valence-electron chi connectivity index (χ1n) is 16.4. The Hall–Kier alpha value is -2.63. The Morgan fingerprint density at radius 2 is 1.84 bits per heavy atom. The number of ether oxygens (including phenoxy) is 2. The smallest absolute Gasteiger partial charge is 0.236 e. The Balaban J connectivity index is 0.860. The second-order valence-electron chi connectivity index (χ2n) is 12.7. The molecule has 10 heteroatoms. The van der Waals surface area contributed by atoms with Crippen LogP contribution in [0.1, 0.15) is 48.4 Å². The molecule has 1 aromatic carbocycles. The molecule has 2 aromatic rings. The van der Waals surface area contributed by atoms with Gasteiger partial charge in [-0.1, -0.05) is 12.1 Å². The number of rotatable bonds is 12. The first-order chi connectivity index (χ1) is 21.2. The van der Waals surface area contributed by atoms with Gasteiger partial charge in [0.05, 0.1) is 25.5 Å². The van der Waals surface area contributed by atoms with Gasteiger partial charge in [0.1, 0.15) is 18.7 Å². The number of carbonyl (C=O) groups is 1. The van der Waals surface area contributed by atoms with Crippen LogP contribution in [0.15, 0.2) is 36.8 Å². The predicted octanol–water partition coefficient (Wildman–Crippen LogP) is 2.21. The fraction of sp³-hybridized carbons (Fsp3) is 0.667. The molecule has 1 aromatic heterocycles. The van der Waals surface area contributed by atoms with E-state index >= 15 is 0 Å². The first-order valence-corrected chi connectivity index (χ1v) is 16.4. The van der Waals surface area contributed by atoms with Crippen LogP contribution in [0.25, 0.3) is 0 Å². The van der Waals surface area contributed by atoms with E-state index in [0.717, 1.165) is 88.2 Å². The summed E-state index contributed by atoms with van der Waals surface area (Å²) in [5.41, 5.74) is 3.42. The first kappa shape index (κ1) is 30.4. The maximum atomic E-state index is 13.2. The highest BCUT2D eigenvalue weighted by atomic mass is 16.5. The number of aromatic nitrogens is 2. The van der Waals surface area contributed by atoms with E-state index in [1.165, 1.54) is 51.1 Å². The maximum Gasteiger partial charge on any atom is 0.236 e.